The largest absolute Gasteiger partial charge is 0.377 e. The minimum Gasteiger partial charge on any atom is -0.377 e. The molecule has 0 saturated carbocycles. The number of benzene rings is 1. The van der Waals surface area contributed by atoms with Crippen molar-refractivity contribution >= 4 is 28.2 Å². The second-order valence-electron chi connectivity index (χ2n) is 5.09. The molecule has 2 heterocycles. The molecule has 0 bridgehead atoms. The molecular formula is C16H19ClN2O. The number of pyridine rings is 1. The molecule has 0 radical (unpaired) electrons. The van der Waals surface area contributed by atoms with E-state index in [0.29, 0.717) is 18.6 Å². The minimum absolute atomic E-state index is 0.359. The monoisotopic (exact) mass is 290 g/mol. The van der Waals surface area contributed by atoms with Crippen LogP contribution in [0.1, 0.15) is 12.8 Å². The van der Waals surface area contributed by atoms with Crippen LogP contribution in [0.15, 0.2) is 36.5 Å². The van der Waals surface area contributed by atoms with E-state index in [1.54, 1.807) is 0 Å². The zero-order valence-electron chi connectivity index (χ0n) is 11.5. The number of aromatic nitrogens is 1. The van der Waals surface area contributed by atoms with Gasteiger partial charge in [-0.25, -0.2) is 0 Å². The van der Waals surface area contributed by atoms with Gasteiger partial charge in [0.25, 0.3) is 0 Å². The van der Waals surface area contributed by atoms with E-state index in [-0.39, 0.29) is 0 Å². The van der Waals surface area contributed by atoms with Gasteiger partial charge in [0.2, 0.25) is 0 Å². The smallest absolute Gasteiger partial charge is 0.0722 e. The van der Waals surface area contributed by atoms with Crippen molar-refractivity contribution in [2.75, 3.05) is 30.5 Å². The van der Waals surface area contributed by atoms with Gasteiger partial charge in [0.15, 0.2) is 0 Å². The van der Waals surface area contributed by atoms with Gasteiger partial charge in [-0.05, 0) is 25.0 Å². The van der Waals surface area contributed by atoms with Gasteiger partial charge in [0.05, 0.1) is 18.2 Å². The second kappa shape index (κ2) is 6.42. The molecule has 20 heavy (non-hydrogen) atoms. The number of ether oxygens (including phenoxy) is 1. The quantitative estimate of drug-likeness (QED) is 0.807. The summed E-state index contributed by atoms with van der Waals surface area (Å²) >= 11 is 5.67. The predicted octanol–water partition coefficient (Wildman–Crippen LogP) is 3.46. The number of hydrogen-bond donors (Lipinski definition) is 0. The molecule has 2 aromatic rings. The molecule has 0 N–H and O–H groups in total. The molecule has 3 nitrogen and oxygen atoms in total. The van der Waals surface area contributed by atoms with Crippen LogP contribution in [0.3, 0.4) is 0 Å². The molecule has 0 atom stereocenters. The number of halogens is 1. The van der Waals surface area contributed by atoms with Crippen molar-refractivity contribution in [3.8, 4) is 0 Å². The molecule has 1 aromatic heterocycles. The molecule has 0 amide bonds. The van der Waals surface area contributed by atoms with Gasteiger partial charge in [-0.15, -0.1) is 11.6 Å². The Morgan fingerprint density at radius 2 is 2.00 bits per heavy atom. The van der Waals surface area contributed by atoms with Gasteiger partial charge in [0.1, 0.15) is 0 Å². The lowest BCUT2D eigenvalue weighted by molar-refractivity contribution is 0.0472. The van der Waals surface area contributed by atoms with E-state index in [9.17, 15) is 0 Å². The van der Waals surface area contributed by atoms with Gasteiger partial charge in [-0.1, -0.05) is 18.2 Å². The Kier molecular flexibility index (Phi) is 4.38. The molecular weight excluding hydrogens is 272 g/mol. The number of anilines is 1. The van der Waals surface area contributed by atoms with Crippen LogP contribution in [0.5, 0.6) is 0 Å². The maximum atomic E-state index is 5.73. The van der Waals surface area contributed by atoms with Crippen LogP contribution in [0.25, 0.3) is 10.9 Å². The lowest BCUT2D eigenvalue weighted by Crippen LogP contribution is -2.37. The van der Waals surface area contributed by atoms with E-state index in [0.717, 1.165) is 31.4 Å². The summed E-state index contributed by atoms with van der Waals surface area (Å²) in [6.45, 7) is 2.71. The number of para-hydroxylation sites is 1. The van der Waals surface area contributed by atoms with Crippen molar-refractivity contribution in [3.63, 3.8) is 0 Å². The summed E-state index contributed by atoms with van der Waals surface area (Å²) in [6.07, 6.45) is 4.38. The summed E-state index contributed by atoms with van der Waals surface area (Å²) in [5.74, 6) is 0.579. The minimum atomic E-state index is 0.359. The first kappa shape index (κ1) is 13.7. The SMILES string of the molecule is ClCCOC1CCN(c2ccnc3ccccc23)CC1. The number of fused-ring (bicyclic) bond motifs is 1. The van der Waals surface area contributed by atoms with Crippen LogP contribution < -0.4 is 4.90 Å². The van der Waals surface area contributed by atoms with Crippen molar-refractivity contribution in [1.82, 2.24) is 4.98 Å². The maximum Gasteiger partial charge on any atom is 0.0722 e. The van der Waals surface area contributed by atoms with Crippen molar-refractivity contribution < 1.29 is 4.74 Å². The Morgan fingerprint density at radius 3 is 2.80 bits per heavy atom. The number of rotatable bonds is 4. The standard InChI is InChI=1S/C16H19ClN2O/c17-8-12-20-13-6-10-19(11-7-13)16-5-9-18-15-4-2-1-3-14(15)16/h1-5,9,13H,6-8,10-12H2. The lowest BCUT2D eigenvalue weighted by Gasteiger charge is -2.34. The fourth-order valence-corrected chi connectivity index (χ4v) is 2.92. The van der Waals surface area contributed by atoms with E-state index in [2.05, 4.69) is 34.1 Å². The third kappa shape index (κ3) is 2.89. The van der Waals surface area contributed by atoms with Gasteiger partial charge in [0, 0.05) is 36.2 Å². The molecule has 1 saturated heterocycles. The Morgan fingerprint density at radius 1 is 1.20 bits per heavy atom. The molecule has 1 aliphatic rings. The first-order valence-electron chi connectivity index (χ1n) is 7.15. The molecule has 106 valence electrons. The third-order valence-corrected chi connectivity index (χ3v) is 3.99. The maximum absolute atomic E-state index is 5.73. The van der Waals surface area contributed by atoms with Crippen LogP contribution in [-0.4, -0.2) is 36.7 Å². The Balaban J connectivity index is 1.74. The Hall–Kier alpha value is -1.32. The molecule has 1 aliphatic heterocycles. The highest BCUT2D eigenvalue weighted by atomic mass is 35.5. The van der Waals surface area contributed by atoms with Crippen LogP contribution >= 0.6 is 11.6 Å². The summed E-state index contributed by atoms with van der Waals surface area (Å²) in [7, 11) is 0. The highest BCUT2D eigenvalue weighted by Crippen LogP contribution is 2.28. The summed E-state index contributed by atoms with van der Waals surface area (Å²) in [6, 6.07) is 10.4. The topological polar surface area (TPSA) is 25.4 Å². The van der Waals surface area contributed by atoms with Gasteiger partial charge >= 0.3 is 0 Å². The number of piperidine rings is 1. The average Bonchev–Trinajstić information content (AvgIpc) is 2.53. The summed E-state index contributed by atoms with van der Waals surface area (Å²) in [5, 5.41) is 1.23. The summed E-state index contributed by atoms with van der Waals surface area (Å²) in [5.41, 5.74) is 2.34. The van der Waals surface area contributed by atoms with E-state index in [1.807, 2.05) is 12.3 Å². The Bertz CT molecular complexity index is 562. The van der Waals surface area contributed by atoms with Crippen LogP contribution in [0.2, 0.25) is 0 Å². The van der Waals surface area contributed by atoms with Crippen LogP contribution in [0.4, 0.5) is 5.69 Å². The lowest BCUT2D eigenvalue weighted by atomic mass is 10.1. The van der Waals surface area contributed by atoms with E-state index in [1.165, 1.54) is 11.1 Å². The molecule has 1 fully saturated rings. The van der Waals surface area contributed by atoms with E-state index < -0.39 is 0 Å². The van der Waals surface area contributed by atoms with Crippen molar-refractivity contribution in [2.45, 2.75) is 18.9 Å². The van der Waals surface area contributed by atoms with Gasteiger partial charge in [-0.2, -0.15) is 0 Å². The number of alkyl halides is 1. The zero-order valence-corrected chi connectivity index (χ0v) is 12.2. The van der Waals surface area contributed by atoms with Crippen LogP contribution in [-0.2, 0) is 4.74 Å². The summed E-state index contributed by atoms with van der Waals surface area (Å²) in [4.78, 5) is 6.86. The number of hydrogen-bond acceptors (Lipinski definition) is 3. The van der Waals surface area contributed by atoms with E-state index >= 15 is 0 Å². The highest BCUT2D eigenvalue weighted by Gasteiger charge is 2.20. The average molecular weight is 291 g/mol. The molecule has 0 spiro atoms. The third-order valence-electron chi connectivity index (χ3n) is 3.84. The molecule has 4 heteroatoms. The van der Waals surface area contributed by atoms with Crippen LogP contribution in [0, 0.1) is 0 Å². The first-order chi connectivity index (χ1) is 9.88. The van der Waals surface area contributed by atoms with E-state index in [4.69, 9.17) is 16.3 Å². The molecule has 0 unspecified atom stereocenters. The first-order valence-corrected chi connectivity index (χ1v) is 7.68. The highest BCUT2D eigenvalue weighted by molar-refractivity contribution is 6.17. The molecule has 1 aromatic carbocycles. The fourth-order valence-electron chi connectivity index (χ4n) is 2.83. The van der Waals surface area contributed by atoms with Gasteiger partial charge < -0.3 is 9.64 Å². The second-order valence-corrected chi connectivity index (χ2v) is 5.47. The zero-order chi connectivity index (χ0) is 13.8. The number of nitrogens with zero attached hydrogens (tertiary/aromatic N) is 2. The molecule has 3 rings (SSSR count). The summed E-state index contributed by atoms with van der Waals surface area (Å²) < 4.78 is 5.73. The van der Waals surface area contributed by atoms with Crippen molar-refractivity contribution in [2.24, 2.45) is 0 Å². The van der Waals surface area contributed by atoms with Gasteiger partial charge in [-0.3, -0.25) is 4.98 Å². The normalized spacial score (nSPS) is 16.8. The van der Waals surface area contributed by atoms with Crippen molar-refractivity contribution in [3.05, 3.63) is 36.5 Å². The van der Waals surface area contributed by atoms with Crippen molar-refractivity contribution in [1.29, 1.82) is 0 Å². The molecule has 0 aliphatic carbocycles. The predicted molar refractivity (Wildman–Crippen MR) is 83.7 cm³/mol. The fraction of sp³-hybridized carbons (Fsp3) is 0.438. The Labute approximate surface area is 124 Å².